The minimum absolute atomic E-state index is 0.160. The Hall–Kier alpha value is -1.28. The van der Waals surface area contributed by atoms with Crippen molar-refractivity contribution in [3.63, 3.8) is 0 Å². The molecule has 28 heavy (non-hydrogen) atoms. The molecular formula is C20H25BrClN5O. The summed E-state index contributed by atoms with van der Waals surface area (Å²) in [5.41, 5.74) is 9.61. The summed E-state index contributed by atoms with van der Waals surface area (Å²) in [6, 6.07) is 2.16. The molecule has 0 unspecified atom stereocenters. The lowest BCUT2D eigenvalue weighted by Gasteiger charge is -2.42. The van der Waals surface area contributed by atoms with Crippen LogP contribution in [0.2, 0.25) is 5.15 Å². The van der Waals surface area contributed by atoms with Gasteiger partial charge in [0.05, 0.1) is 22.5 Å². The van der Waals surface area contributed by atoms with Crippen LogP contribution in [0.3, 0.4) is 0 Å². The minimum atomic E-state index is -0.160. The van der Waals surface area contributed by atoms with Gasteiger partial charge in [0.1, 0.15) is 10.8 Å². The van der Waals surface area contributed by atoms with Gasteiger partial charge in [-0.1, -0.05) is 18.0 Å². The highest BCUT2D eigenvalue weighted by Crippen LogP contribution is 2.46. The maximum Gasteiger partial charge on any atom is 0.153 e. The highest BCUT2D eigenvalue weighted by Gasteiger charge is 2.43. The number of aryl methyl sites for hydroxylation is 1. The van der Waals surface area contributed by atoms with Gasteiger partial charge in [-0.2, -0.15) is 0 Å². The summed E-state index contributed by atoms with van der Waals surface area (Å²) in [5, 5.41) is 10.4. The van der Waals surface area contributed by atoms with Crippen LogP contribution in [-0.4, -0.2) is 39.2 Å². The molecule has 3 N–H and O–H groups in total. The largest absolute Gasteiger partial charge is 0.390 e. The molecule has 0 amide bonds. The normalized spacial score (nSPS) is 21.5. The molecule has 0 radical (unpaired) electrons. The van der Waals surface area contributed by atoms with Gasteiger partial charge in [-0.05, 0) is 60.0 Å². The van der Waals surface area contributed by atoms with E-state index in [1.165, 1.54) is 12.8 Å². The Labute approximate surface area is 178 Å². The summed E-state index contributed by atoms with van der Waals surface area (Å²) in [7, 11) is 0. The molecule has 6 nitrogen and oxygen atoms in total. The van der Waals surface area contributed by atoms with Crippen molar-refractivity contribution in [2.24, 2.45) is 11.1 Å². The summed E-state index contributed by atoms with van der Waals surface area (Å²) in [6.07, 6.45) is 7.40. The SMILES string of the molecule is Cc1nc(N2CCC3(CCC[C@H]3N)CC2)c(CO)nc1-c1ccnc(Cl)c1Br. The van der Waals surface area contributed by atoms with E-state index < -0.39 is 0 Å². The highest BCUT2D eigenvalue weighted by atomic mass is 79.9. The molecule has 8 heteroatoms. The fourth-order valence-corrected chi connectivity index (χ4v) is 5.29. The lowest BCUT2D eigenvalue weighted by atomic mass is 9.74. The Bertz CT molecular complexity index is 885. The number of piperidine rings is 1. The van der Waals surface area contributed by atoms with Crippen LogP contribution in [0, 0.1) is 12.3 Å². The standard InChI is InChI=1S/C20H25BrClN5O/c1-12-17(13-4-8-24-18(22)16(13)21)26-14(11-28)19(25-12)27-9-6-20(7-10-27)5-2-3-15(20)23/h4,8,15,28H,2-3,5-7,9-11,23H2,1H3/t15-/m1/s1. The fourth-order valence-electron chi connectivity index (χ4n) is 4.71. The number of pyridine rings is 1. The van der Waals surface area contributed by atoms with Crippen LogP contribution >= 0.6 is 27.5 Å². The van der Waals surface area contributed by atoms with Gasteiger partial charge >= 0.3 is 0 Å². The molecular weight excluding hydrogens is 442 g/mol. The number of anilines is 1. The van der Waals surface area contributed by atoms with E-state index in [0.29, 0.717) is 27.1 Å². The summed E-state index contributed by atoms with van der Waals surface area (Å²) in [4.78, 5) is 15.9. The molecule has 1 aliphatic carbocycles. The minimum Gasteiger partial charge on any atom is -0.390 e. The number of aliphatic hydroxyl groups excluding tert-OH is 1. The second-order valence-corrected chi connectivity index (χ2v) is 9.05. The van der Waals surface area contributed by atoms with E-state index >= 15 is 0 Å². The van der Waals surface area contributed by atoms with E-state index in [-0.39, 0.29) is 12.0 Å². The average molecular weight is 467 g/mol. The van der Waals surface area contributed by atoms with Crippen LogP contribution in [0.4, 0.5) is 5.82 Å². The molecule has 2 aliphatic rings. The Morgan fingerprint density at radius 1 is 1.32 bits per heavy atom. The van der Waals surface area contributed by atoms with Crippen LogP contribution in [0.5, 0.6) is 0 Å². The van der Waals surface area contributed by atoms with Gasteiger partial charge < -0.3 is 15.7 Å². The molecule has 3 heterocycles. The zero-order valence-electron chi connectivity index (χ0n) is 16.0. The molecule has 2 fully saturated rings. The second kappa shape index (κ2) is 7.86. The molecule has 0 aromatic carbocycles. The molecule has 1 spiro atoms. The Kier molecular flexibility index (Phi) is 5.62. The van der Waals surface area contributed by atoms with Crippen molar-refractivity contribution >= 4 is 33.3 Å². The van der Waals surface area contributed by atoms with E-state index in [1.54, 1.807) is 6.20 Å². The van der Waals surface area contributed by atoms with Crippen LogP contribution in [-0.2, 0) is 6.61 Å². The lowest BCUT2D eigenvalue weighted by Crippen LogP contribution is -2.47. The molecule has 1 atom stereocenters. The van der Waals surface area contributed by atoms with Crippen molar-refractivity contribution in [2.75, 3.05) is 18.0 Å². The highest BCUT2D eigenvalue weighted by molar-refractivity contribution is 9.10. The van der Waals surface area contributed by atoms with Gasteiger partial charge in [0.15, 0.2) is 5.82 Å². The summed E-state index contributed by atoms with van der Waals surface area (Å²) < 4.78 is 0.681. The van der Waals surface area contributed by atoms with E-state index in [9.17, 15) is 5.11 Å². The smallest absolute Gasteiger partial charge is 0.153 e. The quantitative estimate of drug-likeness (QED) is 0.668. The second-order valence-electron chi connectivity index (χ2n) is 7.90. The predicted octanol–water partition coefficient (Wildman–Crippen LogP) is 3.85. The number of hydrogen-bond donors (Lipinski definition) is 2. The van der Waals surface area contributed by atoms with Gasteiger partial charge in [-0.25, -0.2) is 15.0 Å². The van der Waals surface area contributed by atoms with Crippen LogP contribution in [0.1, 0.15) is 43.5 Å². The number of hydrogen-bond acceptors (Lipinski definition) is 6. The number of nitrogens with zero attached hydrogens (tertiary/aromatic N) is 4. The lowest BCUT2D eigenvalue weighted by molar-refractivity contribution is 0.196. The maximum absolute atomic E-state index is 9.98. The first kappa shape index (κ1) is 20.0. The average Bonchev–Trinajstić information content (AvgIpc) is 3.04. The van der Waals surface area contributed by atoms with Gasteiger partial charge in [-0.3, -0.25) is 0 Å². The summed E-state index contributed by atoms with van der Waals surface area (Å²) in [6.45, 7) is 3.58. The molecule has 1 saturated carbocycles. The third-order valence-corrected chi connectivity index (χ3v) is 7.73. The third kappa shape index (κ3) is 3.43. The van der Waals surface area contributed by atoms with E-state index in [0.717, 1.165) is 49.4 Å². The van der Waals surface area contributed by atoms with Crippen molar-refractivity contribution in [3.8, 4) is 11.3 Å². The first-order valence-corrected chi connectivity index (χ1v) is 10.9. The Balaban J connectivity index is 1.64. The topological polar surface area (TPSA) is 88.2 Å². The predicted molar refractivity (Wildman–Crippen MR) is 114 cm³/mol. The van der Waals surface area contributed by atoms with Crippen molar-refractivity contribution < 1.29 is 5.11 Å². The fraction of sp³-hybridized carbons (Fsp3) is 0.550. The maximum atomic E-state index is 9.98. The first-order chi connectivity index (χ1) is 13.4. The Morgan fingerprint density at radius 2 is 2.07 bits per heavy atom. The van der Waals surface area contributed by atoms with Gasteiger partial charge in [-0.15, -0.1) is 0 Å². The molecule has 2 aromatic heterocycles. The van der Waals surface area contributed by atoms with Crippen LogP contribution < -0.4 is 10.6 Å². The van der Waals surface area contributed by atoms with E-state index in [2.05, 4.69) is 25.8 Å². The Morgan fingerprint density at radius 3 is 2.71 bits per heavy atom. The number of aliphatic hydroxyl groups is 1. The zero-order valence-corrected chi connectivity index (χ0v) is 18.3. The van der Waals surface area contributed by atoms with Gasteiger partial charge in [0, 0.05) is 30.9 Å². The molecule has 4 rings (SSSR count). The zero-order chi connectivity index (χ0) is 19.9. The van der Waals surface area contributed by atoms with Crippen molar-refractivity contribution in [1.29, 1.82) is 0 Å². The summed E-state index contributed by atoms with van der Waals surface area (Å²) >= 11 is 9.63. The molecule has 2 aromatic rings. The number of rotatable bonds is 3. The number of nitrogens with two attached hydrogens (primary N) is 1. The van der Waals surface area contributed by atoms with Crippen LogP contribution in [0.25, 0.3) is 11.3 Å². The summed E-state index contributed by atoms with van der Waals surface area (Å²) in [5.74, 6) is 0.779. The third-order valence-electron chi connectivity index (χ3n) is 6.41. The van der Waals surface area contributed by atoms with Gasteiger partial charge in [0.2, 0.25) is 0 Å². The molecule has 0 bridgehead atoms. The molecule has 150 valence electrons. The van der Waals surface area contributed by atoms with Gasteiger partial charge in [0.25, 0.3) is 0 Å². The van der Waals surface area contributed by atoms with Crippen molar-refractivity contribution in [1.82, 2.24) is 15.0 Å². The molecule has 1 saturated heterocycles. The van der Waals surface area contributed by atoms with Crippen LogP contribution in [0.15, 0.2) is 16.7 Å². The number of aromatic nitrogens is 3. The van der Waals surface area contributed by atoms with E-state index in [1.807, 2.05) is 13.0 Å². The van der Waals surface area contributed by atoms with Crippen molar-refractivity contribution in [2.45, 2.75) is 51.7 Å². The van der Waals surface area contributed by atoms with E-state index in [4.69, 9.17) is 27.3 Å². The monoisotopic (exact) mass is 465 g/mol. The molecule has 1 aliphatic heterocycles. The first-order valence-electron chi connectivity index (χ1n) is 9.74. The number of halogens is 2. The van der Waals surface area contributed by atoms with Crippen molar-refractivity contribution in [3.05, 3.63) is 33.3 Å².